The van der Waals surface area contributed by atoms with E-state index in [4.69, 9.17) is 42.6 Å². The predicted octanol–water partition coefficient (Wildman–Crippen LogP) is 5.91. The first-order valence-electron chi connectivity index (χ1n) is 13.0. The number of carboxylic acid groups (broad SMARTS) is 1. The number of likely N-dealkylation sites (tertiary alicyclic amines) is 1. The lowest BCUT2D eigenvalue weighted by molar-refractivity contribution is -0.0591. The summed E-state index contributed by atoms with van der Waals surface area (Å²) >= 11 is 12.2. The van der Waals surface area contributed by atoms with E-state index in [1.807, 2.05) is 12.1 Å². The Morgan fingerprint density at radius 2 is 1.95 bits per heavy atom. The first-order valence-corrected chi connectivity index (χ1v) is 13.8. The van der Waals surface area contributed by atoms with Gasteiger partial charge in [0.05, 0.1) is 46.5 Å². The fourth-order valence-corrected chi connectivity index (χ4v) is 5.69. The quantitative estimate of drug-likeness (QED) is 0.255. The molecule has 2 aliphatic heterocycles. The van der Waals surface area contributed by atoms with Crippen molar-refractivity contribution in [3.05, 3.63) is 87.4 Å². The Kier molecular flexibility index (Phi) is 8.87. The number of carbonyl (C=O) groups is 1. The van der Waals surface area contributed by atoms with Crippen LogP contribution in [0, 0.1) is 0 Å². The van der Waals surface area contributed by atoms with Gasteiger partial charge in [-0.2, -0.15) is 13.5 Å². The highest BCUT2D eigenvalue weighted by molar-refractivity contribution is 7.59. The number of hydrogen-bond donors (Lipinski definition) is 1. The van der Waals surface area contributed by atoms with Gasteiger partial charge in [0.25, 0.3) is 0 Å². The number of halogens is 2. The monoisotopic (exact) mass is 600 g/mol. The Hall–Kier alpha value is -2.82. The second kappa shape index (κ2) is 12.4. The third-order valence-corrected chi connectivity index (χ3v) is 7.94. The minimum absolute atomic E-state index is 0. The molecule has 1 N–H and O–H groups in total. The molecule has 2 fully saturated rings. The second-order valence-corrected chi connectivity index (χ2v) is 10.9. The first-order chi connectivity index (χ1) is 18.9. The molecule has 0 amide bonds. The lowest BCUT2D eigenvalue weighted by Crippen LogP contribution is -2.32. The molecule has 2 aromatic carbocycles. The molecule has 2 atom stereocenters. The highest BCUT2D eigenvalue weighted by Crippen LogP contribution is 2.30. The molecule has 6 rings (SSSR count). The maximum atomic E-state index is 11.6. The molecular formula is C29H30Cl2N4O4S. The summed E-state index contributed by atoms with van der Waals surface area (Å²) in [5, 5.41) is 10.5. The molecule has 8 nitrogen and oxygen atoms in total. The van der Waals surface area contributed by atoms with Gasteiger partial charge in [-0.15, -0.1) is 0 Å². The summed E-state index contributed by atoms with van der Waals surface area (Å²) < 4.78 is 13.7. The van der Waals surface area contributed by atoms with Crippen molar-refractivity contribution in [2.24, 2.45) is 0 Å². The Morgan fingerprint density at radius 1 is 1.10 bits per heavy atom. The zero-order valence-corrected chi connectivity index (χ0v) is 24.2. The van der Waals surface area contributed by atoms with Crippen LogP contribution in [0.5, 0.6) is 5.75 Å². The molecule has 0 saturated carbocycles. The van der Waals surface area contributed by atoms with Crippen molar-refractivity contribution in [2.45, 2.75) is 44.6 Å². The average molecular weight is 602 g/mol. The standard InChI is InChI=1S/C29H28Cl2N4O4.H2S/c30-20-5-7-27(23(31)13-20)39-17-21-2-1-3-24(32-21)19-8-10-34(14-19)16-28-33-25-6-4-18(29(36)37)12-26(25)35(28)15-22-9-11-38-22;/h1-7,12-13,19,22H,8-11,14-17H2,(H,36,37);1H2/t19?,22-;/m0./s1. The second-order valence-electron chi connectivity index (χ2n) is 10.1. The van der Waals surface area contributed by atoms with Crippen LogP contribution in [0.1, 0.15) is 46.3 Å². The number of aromatic nitrogens is 3. The number of carboxylic acids is 1. The molecule has 210 valence electrons. The molecule has 4 heterocycles. The number of ether oxygens (including phenoxy) is 2. The topological polar surface area (TPSA) is 89.7 Å². The number of benzene rings is 2. The molecule has 2 saturated heterocycles. The minimum atomic E-state index is -0.940. The van der Waals surface area contributed by atoms with E-state index in [2.05, 4.69) is 15.5 Å². The fraction of sp³-hybridized carbons (Fsp3) is 0.345. The largest absolute Gasteiger partial charge is 0.486 e. The lowest BCUT2D eigenvalue weighted by Gasteiger charge is -2.28. The van der Waals surface area contributed by atoms with Gasteiger partial charge in [-0.05, 0) is 67.9 Å². The summed E-state index contributed by atoms with van der Waals surface area (Å²) in [6.45, 7) is 4.23. The van der Waals surface area contributed by atoms with E-state index in [9.17, 15) is 9.90 Å². The highest BCUT2D eigenvalue weighted by Gasteiger charge is 2.28. The molecular weight excluding hydrogens is 571 g/mol. The molecule has 1 unspecified atom stereocenters. The van der Waals surface area contributed by atoms with Crippen molar-refractivity contribution >= 4 is 53.7 Å². The van der Waals surface area contributed by atoms with Crippen LogP contribution < -0.4 is 4.74 Å². The Balaban J connectivity index is 0.00000323. The third-order valence-electron chi connectivity index (χ3n) is 7.41. The van der Waals surface area contributed by atoms with Crippen LogP contribution in [-0.2, 0) is 24.4 Å². The molecule has 11 heteroatoms. The maximum Gasteiger partial charge on any atom is 0.335 e. The van der Waals surface area contributed by atoms with Gasteiger partial charge >= 0.3 is 5.97 Å². The van der Waals surface area contributed by atoms with Crippen LogP contribution in [-0.4, -0.2) is 56.3 Å². The molecule has 4 aromatic rings. The smallest absolute Gasteiger partial charge is 0.335 e. The zero-order chi connectivity index (χ0) is 26.9. The van der Waals surface area contributed by atoms with E-state index in [1.54, 1.807) is 36.4 Å². The van der Waals surface area contributed by atoms with Crippen LogP contribution in [0.4, 0.5) is 0 Å². The number of fused-ring (bicyclic) bond motifs is 1. The zero-order valence-electron chi connectivity index (χ0n) is 21.7. The van der Waals surface area contributed by atoms with Gasteiger partial charge in [0.1, 0.15) is 18.2 Å². The fourth-order valence-electron chi connectivity index (χ4n) is 5.23. The van der Waals surface area contributed by atoms with E-state index < -0.39 is 5.97 Å². The van der Waals surface area contributed by atoms with Crippen LogP contribution >= 0.6 is 36.7 Å². The molecule has 40 heavy (non-hydrogen) atoms. The van der Waals surface area contributed by atoms with E-state index in [-0.39, 0.29) is 25.2 Å². The Bertz CT molecular complexity index is 1530. The molecule has 0 spiro atoms. The summed E-state index contributed by atoms with van der Waals surface area (Å²) in [5.74, 6) is 0.866. The summed E-state index contributed by atoms with van der Waals surface area (Å²) in [7, 11) is 0. The van der Waals surface area contributed by atoms with Gasteiger partial charge in [0.15, 0.2) is 0 Å². The van der Waals surface area contributed by atoms with Gasteiger partial charge in [-0.25, -0.2) is 9.78 Å². The predicted molar refractivity (Wildman–Crippen MR) is 159 cm³/mol. The van der Waals surface area contributed by atoms with Gasteiger partial charge in [0.2, 0.25) is 0 Å². The number of imidazole rings is 1. The van der Waals surface area contributed by atoms with Crippen LogP contribution in [0.3, 0.4) is 0 Å². The normalized spacial score (nSPS) is 18.9. The Morgan fingerprint density at radius 3 is 2.70 bits per heavy atom. The number of rotatable bonds is 9. The van der Waals surface area contributed by atoms with Crippen LogP contribution in [0.2, 0.25) is 10.0 Å². The number of aromatic carboxylic acids is 1. The van der Waals surface area contributed by atoms with E-state index >= 15 is 0 Å². The van der Waals surface area contributed by atoms with E-state index in [0.717, 1.165) is 60.8 Å². The molecule has 0 aliphatic carbocycles. The molecule has 2 aliphatic rings. The van der Waals surface area contributed by atoms with E-state index in [1.165, 1.54) is 0 Å². The maximum absolute atomic E-state index is 11.6. The van der Waals surface area contributed by atoms with Crippen molar-refractivity contribution in [2.75, 3.05) is 19.7 Å². The van der Waals surface area contributed by atoms with Crippen LogP contribution in [0.25, 0.3) is 11.0 Å². The van der Waals surface area contributed by atoms with Crippen molar-refractivity contribution in [3.8, 4) is 5.75 Å². The van der Waals surface area contributed by atoms with Gasteiger partial charge < -0.3 is 19.1 Å². The van der Waals surface area contributed by atoms with Crippen molar-refractivity contribution in [1.29, 1.82) is 0 Å². The number of hydrogen-bond acceptors (Lipinski definition) is 6. The third kappa shape index (κ3) is 6.24. The highest BCUT2D eigenvalue weighted by atomic mass is 35.5. The Labute approximate surface area is 249 Å². The van der Waals surface area contributed by atoms with Gasteiger partial charge in [0, 0.05) is 29.8 Å². The minimum Gasteiger partial charge on any atom is -0.486 e. The van der Waals surface area contributed by atoms with Gasteiger partial charge in [-0.1, -0.05) is 29.3 Å². The molecule has 0 bridgehead atoms. The number of pyridine rings is 1. The lowest BCUT2D eigenvalue weighted by atomic mass is 10.0. The van der Waals surface area contributed by atoms with Crippen molar-refractivity contribution in [3.63, 3.8) is 0 Å². The van der Waals surface area contributed by atoms with Gasteiger partial charge in [-0.3, -0.25) is 9.88 Å². The summed E-state index contributed by atoms with van der Waals surface area (Å²) in [6, 6.07) is 16.3. The molecule has 2 aromatic heterocycles. The summed E-state index contributed by atoms with van der Waals surface area (Å²) in [6.07, 6.45) is 2.13. The summed E-state index contributed by atoms with van der Waals surface area (Å²) in [5.41, 5.74) is 3.79. The van der Waals surface area contributed by atoms with Crippen molar-refractivity contribution < 1.29 is 19.4 Å². The first kappa shape index (κ1) is 28.7. The van der Waals surface area contributed by atoms with Crippen LogP contribution in [0.15, 0.2) is 54.6 Å². The number of nitrogens with zero attached hydrogens (tertiary/aromatic N) is 4. The van der Waals surface area contributed by atoms with Crippen molar-refractivity contribution in [1.82, 2.24) is 19.4 Å². The van der Waals surface area contributed by atoms with E-state index in [0.29, 0.717) is 41.4 Å². The SMILES string of the molecule is O=C(O)c1ccc2nc(CN3CCC(c4cccc(COc5ccc(Cl)cc5Cl)n4)C3)n(C[C@@H]3CCO3)c2c1.S. The molecule has 0 radical (unpaired) electrons. The summed E-state index contributed by atoms with van der Waals surface area (Å²) in [4.78, 5) is 23.7. The average Bonchev–Trinajstić information content (AvgIpc) is 3.50.